The zero-order valence-corrected chi connectivity index (χ0v) is 14.3. The summed E-state index contributed by atoms with van der Waals surface area (Å²) in [4.78, 5) is 18.0. The Labute approximate surface area is 142 Å². The number of anilines is 1. The molecule has 0 aliphatic heterocycles. The van der Waals surface area contributed by atoms with Gasteiger partial charge in [-0.25, -0.2) is 9.07 Å². The van der Waals surface area contributed by atoms with Gasteiger partial charge in [0.15, 0.2) is 5.15 Å². The standard InChI is InChI=1S/C15H16ClFN4OS/c1-3-20(15(22)11-5-13(11)23-2)12-8-21(19-14(12)16)10-4-9(17)6-18-7-10/h4,6-8,11,13H,3,5H2,1-2H3. The molecule has 1 saturated carbocycles. The Kier molecular flexibility index (Phi) is 4.59. The molecule has 2 aromatic heterocycles. The highest BCUT2D eigenvalue weighted by Crippen LogP contribution is 2.42. The predicted molar refractivity (Wildman–Crippen MR) is 89.8 cm³/mol. The molecule has 8 heteroatoms. The fraction of sp³-hybridized carbons (Fsp3) is 0.400. The van der Waals surface area contributed by atoms with Crippen molar-refractivity contribution in [3.8, 4) is 5.69 Å². The maximum Gasteiger partial charge on any atom is 0.231 e. The molecule has 2 unspecified atom stereocenters. The van der Waals surface area contributed by atoms with E-state index in [1.165, 1.54) is 16.9 Å². The van der Waals surface area contributed by atoms with Crippen molar-refractivity contribution < 1.29 is 9.18 Å². The van der Waals surface area contributed by atoms with Crippen molar-refractivity contribution in [2.75, 3.05) is 17.7 Å². The summed E-state index contributed by atoms with van der Waals surface area (Å²) in [6, 6.07) is 1.31. The first-order valence-corrected chi connectivity index (χ1v) is 8.92. The van der Waals surface area contributed by atoms with Crippen LogP contribution in [0.5, 0.6) is 0 Å². The van der Waals surface area contributed by atoms with Crippen LogP contribution in [0.2, 0.25) is 5.15 Å². The minimum absolute atomic E-state index is 0.0419. The number of nitrogens with zero attached hydrogens (tertiary/aromatic N) is 4. The van der Waals surface area contributed by atoms with Crippen molar-refractivity contribution in [1.82, 2.24) is 14.8 Å². The molecule has 122 valence electrons. The second-order valence-corrected chi connectivity index (χ2v) is 6.74. The molecule has 23 heavy (non-hydrogen) atoms. The molecule has 0 N–H and O–H groups in total. The Hall–Kier alpha value is -1.60. The minimum Gasteiger partial charge on any atom is -0.308 e. The van der Waals surface area contributed by atoms with Crippen LogP contribution in [0.3, 0.4) is 0 Å². The Morgan fingerprint density at radius 3 is 2.96 bits per heavy atom. The molecule has 0 spiro atoms. The maximum absolute atomic E-state index is 13.3. The second-order valence-electron chi connectivity index (χ2n) is 5.31. The second kappa shape index (κ2) is 6.49. The van der Waals surface area contributed by atoms with Gasteiger partial charge in [-0.1, -0.05) is 11.6 Å². The van der Waals surface area contributed by atoms with Crippen LogP contribution in [0, 0.1) is 11.7 Å². The molecule has 0 bridgehead atoms. The summed E-state index contributed by atoms with van der Waals surface area (Å²) in [6.45, 7) is 2.40. The normalized spacial score (nSPS) is 19.7. The lowest BCUT2D eigenvalue weighted by atomic mass is 10.3. The lowest BCUT2D eigenvalue weighted by Gasteiger charge is -2.19. The molecule has 3 rings (SSSR count). The van der Waals surface area contributed by atoms with Crippen LogP contribution < -0.4 is 4.90 Å². The molecule has 0 aromatic carbocycles. The Bertz CT molecular complexity index is 738. The molecular weight excluding hydrogens is 339 g/mol. The van der Waals surface area contributed by atoms with Crippen LogP contribution in [0.15, 0.2) is 24.7 Å². The number of hydrogen-bond acceptors (Lipinski definition) is 4. The van der Waals surface area contributed by atoms with Gasteiger partial charge in [0.2, 0.25) is 5.91 Å². The Morgan fingerprint density at radius 1 is 1.57 bits per heavy atom. The molecule has 1 amide bonds. The zero-order chi connectivity index (χ0) is 16.6. The van der Waals surface area contributed by atoms with Crippen molar-refractivity contribution in [1.29, 1.82) is 0 Å². The largest absolute Gasteiger partial charge is 0.308 e. The van der Waals surface area contributed by atoms with Gasteiger partial charge in [0.1, 0.15) is 11.5 Å². The highest BCUT2D eigenvalue weighted by atomic mass is 35.5. The molecule has 1 fully saturated rings. The summed E-state index contributed by atoms with van der Waals surface area (Å²) < 4.78 is 14.7. The predicted octanol–water partition coefficient (Wildman–Crippen LogP) is 3.16. The lowest BCUT2D eigenvalue weighted by molar-refractivity contribution is -0.119. The van der Waals surface area contributed by atoms with Gasteiger partial charge < -0.3 is 4.90 Å². The van der Waals surface area contributed by atoms with Crippen LogP contribution in [-0.4, -0.2) is 38.7 Å². The maximum atomic E-state index is 13.3. The number of rotatable bonds is 5. The van der Waals surface area contributed by atoms with E-state index in [9.17, 15) is 9.18 Å². The SMILES string of the molecule is CCN(C(=O)C1CC1SC)c1cn(-c2cncc(F)c2)nc1Cl. The summed E-state index contributed by atoms with van der Waals surface area (Å²) in [7, 11) is 0. The summed E-state index contributed by atoms with van der Waals surface area (Å²) in [5, 5.41) is 4.77. The number of hydrogen-bond donors (Lipinski definition) is 0. The van der Waals surface area contributed by atoms with Gasteiger partial charge in [-0.05, 0) is 19.6 Å². The van der Waals surface area contributed by atoms with Crippen molar-refractivity contribution in [3.63, 3.8) is 0 Å². The van der Waals surface area contributed by atoms with Gasteiger partial charge in [0.05, 0.1) is 30.2 Å². The number of pyridine rings is 1. The van der Waals surface area contributed by atoms with Crippen LogP contribution in [0.1, 0.15) is 13.3 Å². The fourth-order valence-electron chi connectivity index (χ4n) is 2.52. The molecule has 2 aromatic rings. The highest BCUT2D eigenvalue weighted by molar-refractivity contribution is 7.99. The summed E-state index contributed by atoms with van der Waals surface area (Å²) in [5.74, 6) is -0.356. The number of amides is 1. The quantitative estimate of drug-likeness (QED) is 0.827. The van der Waals surface area contributed by atoms with Crippen LogP contribution in [0.25, 0.3) is 5.69 Å². The Balaban J connectivity index is 1.89. The number of carbonyl (C=O) groups is 1. The lowest BCUT2D eigenvalue weighted by Crippen LogP contribution is -2.32. The third-order valence-electron chi connectivity index (χ3n) is 3.83. The van der Waals surface area contributed by atoms with Gasteiger partial charge in [-0.15, -0.1) is 0 Å². The average molecular weight is 355 g/mol. The topological polar surface area (TPSA) is 51.0 Å². The van der Waals surface area contributed by atoms with Gasteiger partial charge in [0.25, 0.3) is 0 Å². The third kappa shape index (κ3) is 3.21. The zero-order valence-electron chi connectivity index (χ0n) is 12.7. The van der Waals surface area contributed by atoms with E-state index >= 15 is 0 Å². The third-order valence-corrected chi connectivity index (χ3v) is 5.23. The number of halogens is 2. The summed E-state index contributed by atoms with van der Waals surface area (Å²) in [5.41, 5.74) is 0.991. The number of thioether (sulfide) groups is 1. The number of carbonyl (C=O) groups excluding carboxylic acids is 1. The van der Waals surface area contributed by atoms with E-state index in [4.69, 9.17) is 11.6 Å². The Morgan fingerprint density at radius 2 is 2.35 bits per heavy atom. The van der Waals surface area contributed by atoms with E-state index < -0.39 is 5.82 Å². The molecule has 0 saturated heterocycles. The number of aromatic nitrogens is 3. The summed E-state index contributed by atoms with van der Waals surface area (Å²) in [6.07, 6.45) is 7.15. The van der Waals surface area contributed by atoms with E-state index in [2.05, 4.69) is 10.1 Å². The van der Waals surface area contributed by atoms with Crippen molar-refractivity contribution in [2.24, 2.45) is 5.92 Å². The first kappa shape index (κ1) is 16.3. The van der Waals surface area contributed by atoms with Gasteiger partial charge in [-0.2, -0.15) is 16.9 Å². The van der Waals surface area contributed by atoms with Gasteiger partial charge in [-0.3, -0.25) is 9.78 Å². The van der Waals surface area contributed by atoms with Gasteiger partial charge >= 0.3 is 0 Å². The average Bonchev–Trinajstić information content (AvgIpc) is 3.24. The molecule has 5 nitrogen and oxygen atoms in total. The smallest absolute Gasteiger partial charge is 0.231 e. The van der Waals surface area contributed by atoms with Crippen LogP contribution in [0.4, 0.5) is 10.1 Å². The van der Waals surface area contributed by atoms with E-state index in [1.54, 1.807) is 22.9 Å². The highest BCUT2D eigenvalue weighted by Gasteiger charge is 2.45. The first-order chi connectivity index (χ1) is 11.0. The molecular formula is C15H16ClFN4OS. The monoisotopic (exact) mass is 354 g/mol. The molecule has 2 atom stereocenters. The molecule has 0 radical (unpaired) electrons. The van der Waals surface area contributed by atoms with E-state index in [-0.39, 0.29) is 17.0 Å². The molecule has 1 aliphatic rings. The fourth-order valence-corrected chi connectivity index (χ4v) is 3.60. The molecule has 1 aliphatic carbocycles. The van der Waals surface area contributed by atoms with E-state index in [1.807, 2.05) is 13.2 Å². The van der Waals surface area contributed by atoms with Crippen molar-refractivity contribution in [2.45, 2.75) is 18.6 Å². The van der Waals surface area contributed by atoms with Crippen LogP contribution >= 0.6 is 23.4 Å². The first-order valence-electron chi connectivity index (χ1n) is 7.25. The summed E-state index contributed by atoms with van der Waals surface area (Å²) >= 11 is 7.91. The van der Waals surface area contributed by atoms with E-state index in [0.717, 1.165) is 12.6 Å². The minimum atomic E-state index is -0.458. The van der Waals surface area contributed by atoms with Gasteiger partial charge in [0, 0.05) is 17.9 Å². The van der Waals surface area contributed by atoms with Crippen molar-refractivity contribution >= 4 is 35.0 Å². The van der Waals surface area contributed by atoms with Crippen molar-refractivity contribution in [3.05, 3.63) is 35.6 Å². The van der Waals surface area contributed by atoms with Crippen LogP contribution in [-0.2, 0) is 4.79 Å². The molecule has 2 heterocycles. The van der Waals surface area contributed by atoms with E-state index in [0.29, 0.717) is 23.2 Å².